The number of nitrogens with zero attached hydrogens (tertiary/aromatic N) is 4. The van der Waals surface area contributed by atoms with Gasteiger partial charge in [0, 0.05) is 6.42 Å². The maximum atomic E-state index is 14.1. The number of nitrogens with one attached hydrogen (secondary N) is 2. The van der Waals surface area contributed by atoms with Crippen molar-refractivity contribution in [2.24, 2.45) is 11.3 Å². The Morgan fingerprint density at radius 3 is 2.41 bits per heavy atom. The average molecular weight is 573 g/mol. The number of ether oxygens (including phenoxy) is 1. The molecular weight excluding hydrogens is 532 g/mol. The summed E-state index contributed by atoms with van der Waals surface area (Å²) in [6.45, 7) is 12.4. The summed E-state index contributed by atoms with van der Waals surface area (Å²) in [5.74, 6) is -2.39. The second kappa shape index (κ2) is 10.8. The largest absolute Gasteiger partial charge is 0.479 e. The number of carboxylic acid groups (broad SMARTS) is 1. The molecule has 2 fully saturated rings. The van der Waals surface area contributed by atoms with Gasteiger partial charge in [-0.15, -0.1) is 5.10 Å². The fourth-order valence-corrected chi connectivity index (χ4v) is 5.27. The molecule has 2 aliphatic rings. The first-order chi connectivity index (χ1) is 19.1. The fourth-order valence-electron chi connectivity index (χ4n) is 5.27. The number of aromatic nitrogens is 3. The normalized spacial score (nSPS) is 25.0. The highest BCUT2D eigenvalue weighted by Gasteiger charge is 2.61. The van der Waals surface area contributed by atoms with Crippen molar-refractivity contribution in [3.05, 3.63) is 24.3 Å². The molecule has 1 aromatic carbocycles. The van der Waals surface area contributed by atoms with Crippen LogP contribution in [0.4, 0.5) is 4.79 Å². The highest BCUT2D eigenvalue weighted by Crippen LogP contribution is 2.46. The third-order valence-corrected chi connectivity index (χ3v) is 7.52. The number of hydrogen-bond acceptors (Lipinski definition) is 8. The Morgan fingerprint density at radius 1 is 1.15 bits per heavy atom. The predicted molar refractivity (Wildman–Crippen MR) is 148 cm³/mol. The molecule has 1 aliphatic carbocycles. The van der Waals surface area contributed by atoms with Crippen molar-refractivity contribution in [1.29, 1.82) is 0 Å². The summed E-state index contributed by atoms with van der Waals surface area (Å²) < 4.78 is 5.40. The Kier molecular flexibility index (Phi) is 7.94. The van der Waals surface area contributed by atoms with E-state index in [1.807, 2.05) is 19.1 Å². The molecule has 13 nitrogen and oxygen atoms in total. The lowest BCUT2D eigenvalue weighted by Gasteiger charge is -2.35. The van der Waals surface area contributed by atoms with Crippen molar-refractivity contribution < 1.29 is 33.9 Å². The number of alkyl carbamates (subject to hydrolysis) is 1. The lowest BCUT2D eigenvalue weighted by atomic mass is 9.85. The number of carbonyl (C=O) groups excluding carboxylic acids is 3. The highest BCUT2D eigenvalue weighted by molar-refractivity contribution is 5.96. The van der Waals surface area contributed by atoms with E-state index in [1.54, 1.807) is 53.7 Å². The molecule has 0 unspecified atom stereocenters. The summed E-state index contributed by atoms with van der Waals surface area (Å²) in [7, 11) is 0. The molecule has 13 heteroatoms. The van der Waals surface area contributed by atoms with Gasteiger partial charge in [0.2, 0.25) is 11.8 Å². The number of fused-ring (bicyclic) bond motifs is 1. The fraction of sp³-hybridized carbons (Fsp3) is 0.643. The van der Waals surface area contributed by atoms with Crippen molar-refractivity contribution in [1.82, 2.24) is 30.7 Å². The zero-order chi connectivity index (χ0) is 30.3. The van der Waals surface area contributed by atoms with Gasteiger partial charge < -0.3 is 30.2 Å². The van der Waals surface area contributed by atoms with Crippen LogP contribution in [0.2, 0.25) is 0 Å². The molecule has 3 N–H and O–H groups in total. The molecular formula is C28H40N6O7. The number of hydrogen-bond donors (Lipinski definition) is 3. The second-order valence-electron chi connectivity index (χ2n) is 12.9. The maximum Gasteiger partial charge on any atom is 0.408 e. The number of likely N-dealkylation sites (tertiary alicyclic amines) is 1. The first kappa shape index (κ1) is 30.1. The molecule has 0 radical (unpaired) electrons. The van der Waals surface area contributed by atoms with E-state index in [0.29, 0.717) is 23.9 Å². The molecule has 3 amide bonds. The van der Waals surface area contributed by atoms with E-state index in [9.17, 15) is 24.3 Å². The van der Waals surface area contributed by atoms with Crippen molar-refractivity contribution in [2.45, 2.75) is 97.1 Å². The van der Waals surface area contributed by atoms with E-state index >= 15 is 0 Å². The van der Waals surface area contributed by atoms with Gasteiger partial charge in [0.1, 0.15) is 40.4 Å². The number of aliphatic carboxylic acids is 1. The molecule has 5 atom stereocenters. The highest BCUT2D eigenvalue weighted by atomic mass is 16.7. The third kappa shape index (κ3) is 6.38. The number of benzene rings is 1. The van der Waals surface area contributed by atoms with Crippen LogP contribution in [0.25, 0.3) is 11.0 Å². The predicted octanol–water partition coefficient (Wildman–Crippen LogP) is 2.14. The zero-order valence-corrected chi connectivity index (χ0v) is 24.6. The van der Waals surface area contributed by atoms with Crippen LogP contribution in [0.3, 0.4) is 0 Å². The van der Waals surface area contributed by atoms with Crippen LogP contribution >= 0.6 is 0 Å². The molecule has 224 valence electrons. The topological polar surface area (TPSA) is 165 Å². The lowest BCUT2D eigenvalue weighted by molar-refractivity contribution is -0.146. The van der Waals surface area contributed by atoms with E-state index in [1.165, 1.54) is 9.75 Å². The van der Waals surface area contributed by atoms with E-state index < -0.39 is 58.6 Å². The summed E-state index contributed by atoms with van der Waals surface area (Å²) in [5, 5.41) is 23.4. The van der Waals surface area contributed by atoms with Crippen LogP contribution in [0.15, 0.2) is 24.3 Å². The number of rotatable bonds is 8. The van der Waals surface area contributed by atoms with Gasteiger partial charge in [-0.05, 0) is 55.9 Å². The van der Waals surface area contributed by atoms with Gasteiger partial charge in [0.05, 0.1) is 6.54 Å². The Hall–Kier alpha value is -3.90. The van der Waals surface area contributed by atoms with E-state index in [4.69, 9.17) is 9.57 Å². The minimum atomic E-state index is -1.36. The van der Waals surface area contributed by atoms with Crippen LogP contribution in [-0.2, 0) is 19.1 Å². The number of carbonyl (C=O) groups is 4. The van der Waals surface area contributed by atoms with Crippen LogP contribution in [0.5, 0.6) is 0 Å². The molecule has 41 heavy (non-hydrogen) atoms. The Balaban J connectivity index is 1.61. The van der Waals surface area contributed by atoms with Crippen LogP contribution in [0.1, 0.15) is 67.7 Å². The Labute approximate surface area is 238 Å². The summed E-state index contributed by atoms with van der Waals surface area (Å²) in [4.78, 5) is 61.2. The van der Waals surface area contributed by atoms with Gasteiger partial charge in [0.15, 0.2) is 0 Å². The molecule has 1 saturated carbocycles. The minimum absolute atomic E-state index is 0.00492. The van der Waals surface area contributed by atoms with Gasteiger partial charge in [-0.1, -0.05) is 51.1 Å². The number of carboxylic acids is 1. The minimum Gasteiger partial charge on any atom is -0.479 e. The molecule has 1 aliphatic heterocycles. The van der Waals surface area contributed by atoms with Crippen LogP contribution < -0.4 is 15.5 Å². The number of para-hydroxylation sites is 1. The number of amides is 3. The van der Waals surface area contributed by atoms with Crippen LogP contribution in [-0.4, -0.2) is 84.9 Å². The second-order valence-corrected chi connectivity index (χ2v) is 12.9. The SMILES string of the molecule is CC[C@@H]1C[C@]1(NC(=O)[C@@H]1C[C@@H](On2nnc3ccccc32)CN1C(=O)[C@@H](NC(=O)OC(C)(C)C)C(C)(C)C)C(=O)O. The standard InChI is InChI=1S/C28H40N6O7/c1-8-16-14-28(16,24(37)38)30-22(35)20-13-17(41-34-19-12-10-9-11-18(19)31-32-34)15-33(20)23(36)21(26(2,3)4)29-25(39)40-27(5,6)7/h9-12,16-17,20-21H,8,13-15H2,1-7H3,(H,29,39)(H,30,35)(H,37,38)/t16-,17-,20+,21-,28-/m1/s1. The summed E-state index contributed by atoms with van der Waals surface area (Å²) in [6, 6.07) is 5.12. The lowest BCUT2D eigenvalue weighted by Crippen LogP contribution is -2.59. The summed E-state index contributed by atoms with van der Waals surface area (Å²) >= 11 is 0. The molecule has 2 heterocycles. The first-order valence-corrected chi connectivity index (χ1v) is 13.9. The first-order valence-electron chi connectivity index (χ1n) is 13.9. The van der Waals surface area contributed by atoms with Crippen molar-refractivity contribution in [3.8, 4) is 0 Å². The third-order valence-electron chi connectivity index (χ3n) is 7.52. The monoisotopic (exact) mass is 572 g/mol. The molecule has 1 aromatic heterocycles. The summed E-state index contributed by atoms with van der Waals surface area (Å²) in [5.41, 5.74) is -1.66. The van der Waals surface area contributed by atoms with Gasteiger partial charge in [-0.2, -0.15) is 0 Å². The van der Waals surface area contributed by atoms with E-state index in [2.05, 4.69) is 20.9 Å². The smallest absolute Gasteiger partial charge is 0.408 e. The molecule has 1 saturated heterocycles. The molecule has 4 rings (SSSR count). The van der Waals surface area contributed by atoms with Crippen molar-refractivity contribution in [3.63, 3.8) is 0 Å². The maximum absolute atomic E-state index is 14.1. The van der Waals surface area contributed by atoms with Gasteiger partial charge in [-0.3, -0.25) is 9.59 Å². The van der Waals surface area contributed by atoms with Gasteiger partial charge in [0.25, 0.3) is 0 Å². The summed E-state index contributed by atoms with van der Waals surface area (Å²) in [6.07, 6.45) is -0.426. The van der Waals surface area contributed by atoms with E-state index in [0.717, 1.165) is 0 Å². The molecule has 2 aromatic rings. The zero-order valence-electron chi connectivity index (χ0n) is 24.6. The molecule has 0 spiro atoms. The van der Waals surface area contributed by atoms with Crippen molar-refractivity contribution in [2.75, 3.05) is 6.54 Å². The van der Waals surface area contributed by atoms with Crippen LogP contribution in [0, 0.1) is 11.3 Å². The van der Waals surface area contributed by atoms with Gasteiger partial charge in [-0.25, -0.2) is 9.59 Å². The average Bonchev–Trinajstić information content (AvgIpc) is 3.20. The quantitative estimate of drug-likeness (QED) is 0.430. The molecule has 0 bridgehead atoms. The Bertz CT molecular complexity index is 1330. The van der Waals surface area contributed by atoms with E-state index in [-0.39, 0.29) is 18.9 Å². The van der Waals surface area contributed by atoms with Gasteiger partial charge >= 0.3 is 12.1 Å². The van der Waals surface area contributed by atoms with Crippen molar-refractivity contribution >= 4 is 34.9 Å². The Morgan fingerprint density at radius 2 is 1.83 bits per heavy atom.